The summed E-state index contributed by atoms with van der Waals surface area (Å²) >= 11 is 6.91. The molecule has 3 aromatic heterocycles. The molecule has 2 nitrogen and oxygen atoms in total. The Hall–Kier alpha value is -0.750. The van der Waals surface area contributed by atoms with E-state index in [0.29, 0.717) is 0 Å². The van der Waals surface area contributed by atoms with E-state index >= 15 is 0 Å². The molecule has 0 fully saturated rings. The molecule has 3 aromatic rings. The Morgan fingerprint density at radius 2 is 2.22 bits per heavy atom. The zero-order valence-corrected chi connectivity index (χ0v) is 12.7. The van der Waals surface area contributed by atoms with Crippen LogP contribution in [0.3, 0.4) is 0 Å². The monoisotopic (exact) mass is 338 g/mol. The summed E-state index contributed by atoms with van der Waals surface area (Å²) in [6.07, 6.45) is 2.75. The Kier molecular flexibility index (Phi) is 3.48. The van der Waals surface area contributed by atoms with Gasteiger partial charge in [-0.3, -0.25) is 4.98 Å². The lowest BCUT2D eigenvalue weighted by Gasteiger charge is -2.10. The first-order chi connectivity index (χ1) is 8.72. The van der Waals surface area contributed by atoms with Crippen LogP contribution in [-0.2, 0) is 6.42 Å². The quantitative estimate of drug-likeness (QED) is 0.770. The van der Waals surface area contributed by atoms with Crippen LogP contribution in [0.5, 0.6) is 0 Å². The van der Waals surface area contributed by atoms with Crippen LogP contribution < -0.4 is 5.73 Å². The highest BCUT2D eigenvalue weighted by molar-refractivity contribution is 9.11. The van der Waals surface area contributed by atoms with Crippen LogP contribution in [0.25, 0.3) is 10.2 Å². The Bertz CT molecular complexity index is 674. The molecule has 0 amide bonds. The SMILES string of the molecule is NC(Cc1ccc(Br)s1)c1cnc2ccsc2c1. The van der Waals surface area contributed by atoms with E-state index in [1.807, 2.05) is 12.3 Å². The molecule has 5 heteroatoms. The van der Waals surface area contributed by atoms with E-state index in [1.165, 1.54) is 9.58 Å². The largest absolute Gasteiger partial charge is 0.324 e. The van der Waals surface area contributed by atoms with E-state index in [9.17, 15) is 0 Å². The number of fused-ring (bicyclic) bond motifs is 1. The molecule has 18 heavy (non-hydrogen) atoms. The van der Waals surface area contributed by atoms with Crippen molar-refractivity contribution >= 4 is 48.8 Å². The van der Waals surface area contributed by atoms with E-state index in [1.54, 1.807) is 22.7 Å². The molecule has 1 unspecified atom stereocenters. The van der Waals surface area contributed by atoms with Crippen LogP contribution in [0.1, 0.15) is 16.5 Å². The molecule has 3 rings (SSSR count). The summed E-state index contributed by atoms with van der Waals surface area (Å²) in [5.74, 6) is 0. The van der Waals surface area contributed by atoms with Gasteiger partial charge in [-0.05, 0) is 51.1 Å². The highest BCUT2D eigenvalue weighted by Gasteiger charge is 2.10. The van der Waals surface area contributed by atoms with E-state index in [4.69, 9.17) is 5.73 Å². The zero-order chi connectivity index (χ0) is 12.5. The first-order valence-corrected chi connectivity index (χ1v) is 8.04. The molecule has 0 radical (unpaired) electrons. The second-order valence-electron chi connectivity index (χ2n) is 4.09. The average Bonchev–Trinajstić information content (AvgIpc) is 2.96. The molecule has 92 valence electrons. The number of thiophene rings is 2. The van der Waals surface area contributed by atoms with Gasteiger partial charge < -0.3 is 5.73 Å². The topological polar surface area (TPSA) is 38.9 Å². The lowest BCUT2D eigenvalue weighted by Crippen LogP contribution is -2.12. The van der Waals surface area contributed by atoms with Gasteiger partial charge in [0.1, 0.15) is 0 Å². The van der Waals surface area contributed by atoms with E-state index < -0.39 is 0 Å². The van der Waals surface area contributed by atoms with Crippen LogP contribution in [0, 0.1) is 0 Å². The van der Waals surface area contributed by atoms with Crippen molar-refractivity contribution in [2.75, 3.05) is 0 Å². The zero-order valence-electron chi connectivity index (χ0n) is 9.47. The van der Waals surface area contributed by atoms with Crippen molar-refractivity contribution in [3.8, 4) is 0 Å². The number of hydrogen-bond acceptors (Lipinski definition) is 4. The van der Waals surface area contributed by atoms with Gasteiger partial charge in [-0.15, -0.1) is 22.7 Å². The molecule has 1 atom stereocenters. The number of nitrogens with zero attached hydrogens (tertiary/aromatic N) is 1. The van der Waals surface area contributed by atoms with Crippen molar-refractivity contribution < 1.29 is 0 Å². The third-order valence-electron chi connectivity index (χ3n) is 2.80. The average molecular weight is 339 g/mol. The Labute approximate surface area is 122 Å². The summed E-state index contributed by atoms with van der Waals surface area (Å²) in [4.78, 5) is 5.73. The van der Waals surface area contributed by atoms with Crippen molar-refractivity contribution in [3.05, 3.63) is 50.1 Å². The number of halogens is 1. The van der Waals surface area contributed by atoms with Crippen LogP contribution in [0.4, 0.5) is 0 Å². The van der Waals surface area contributed by atoms with Gasteiger partial charge in [0, 0.05) is 23.5 Å². The number of aromatic nitrogens is 1. The summed E-state index contributed by atoms with van der Waals surface area (Å²) in [5, 5.41) is 2.06. The lowest BCUT2D eigenvalue weighted by molar-refractivity contribution is 0.728. The molecule has 0 saturated heterocycles. The highest BCUT2D eigenvalue weighted by Crippen LogP contribution is 2.27. The van der Waals surface area contributed by atoms with E-state index in [-0.39, 0.29) is 6.04 Å². The maximum absolute atomic E-state index is 6.25. The van der Waals surface area contributed by atoms with E-state index in [0.717, 1.165) is 21.3 Å². The van der Waals surface area contributed by atoms with Crippen molar-refractivity contribution in [3.63, 3.8) is 0 Å². The Morgan fingerprint density at radius 3 is 3.00 bits per heavy atom. The highest BCUT2D eigenvalue weighted by atomic mass is 79.9. The summed E-state index contributed by atoms with van der Waals surface area (Å²) < 4.78 is 2.35. The third kappa shape index (κ3) is 2.49. The second-order valence-corrected chi connectivity index (χ2v) is 7.58. The van der Waals surface area contributed by atoms with Crippen LogP contribution in [0.2, 0.25) is 0 Å². The molecule has 0 aliphatic rings. The normalized spacial score (nSPS) is 13.0. The number of hydrogen-bond donors (Lipinski definition) is 1. The predicted octanol–water partition coefficient (Wildman–Crippen LogP) is 4.36. The van der Waals surface area contributed by atoms with Gasteiger partial charge in [0.2, 0.25) is 0 Å². The maximum atomic E-state index is 6.25. The molecular weight excluding hydrogens is 328 g/mol. The fourth-order valence-electron chi connectivity index (χ4n) is 1.86. The molecule has 0 bridgehead atoms. The Morgan fingerprint density at radius 1 is 1.33 bits per heavy atom. The maximum Gasteiger partial charge on any atom is 0.0809 e. The van der Waals surface area contributed by atoms with Crippen molar-refractivity contribution in [2.45, 2.75) is 12.5 Å². The lowest BCUT2D eigenvalue weighted by atomic mass is 10.1. The predicted molar refractivity (Wildman–Crippen MR) is 82.3 cm³/mol. The van der Waals surface area contributed by atoms with Gasteiger partial charge in [-0.1, -0.05) is 0 Å². The van der Waals surface area contributed by atoms with Gasteiger partial charge in [0.15, 0.2) is 0 Å². The first-order valence-electron chi connectivity index (χ1n) is 5.55. The van der Waals surface area contributed by atoms with E-state index in [2.05, 4.69) is 44.5 Å². The molecule has 0 spiro atoms. The van der Waals surface area contributed by atoms with Gasteiger partial charge in [-0.2, -0.15) is 0 Å². The minimum absolute atomic E-state index is 0.00884. The van der Waals surface area contributed by atoms with Crippen molar-refractivity contribution in [1.29, 1.82) is 0 Å². The molecule has 0 aromatic carbocycles. The van der Waals surface area contributed by atoms with Crippen molar-refractivity contribution in [2.24, 2.45) is 5.73 Å². The number of nitrogens with two attached hydrogens (primary N) is 1. The fourth-order valence-corrected chi connectivity index (χ4v) is 4.19. The fraction of sp³-hybridized carbons (Fsp3) is 0.154. The molecule has 0 aliphatic carbocycles. The molecule has 2 N–H and O–H groups in total. The molecule has 0 aliphatic heterocycles. The summed E-state index contributed by atoms with van der Waals surface area (Å²) in [6, 6.07) is 8.38. The van der Waals surface area contributed by atoms with Crippen LogP contribution >= 0.6 is 38.6 Å². The third-order valence-corrected chi connectivity index (χ3v) is 5.30. The minimum Gasteiger partial charge on any atom is -0.324 e. The standard InChI is InChI=1S/C13H11BrN2S2/c14-13-2-1-9(18-13)6-10(15)8-5-12-11(16-7-8)3-4-17-12/h1-5,7,10H,6,15H2. The summed E-state index contributed by atoms with van der Waals surface area (Å²) in [5.41, 5.74) is 8.41. The first kappa shape index (κ1) is 12.3. The van der Waals surface area contributed by atoms with Gasteiger partial charge in [0.25, 0.3) is 0 Å². The van der Waals surface area contributed by atoms with Gasteiger partial charge >= 0.3 is 0 Å². The van der Waals surface area contributed by atoms with Gasteiger partial charge in [0.05, 0.1) is 14.0 Å². The molecule has 0 saturated carbocycles. The molecule has 3 heterocycles. The summed E-state index contributed by atoms with van der Waals surface area (Å²) in [7, 11) is 0. The van der Waals surface area contributed by atoms with Crippen LogP contribution in [0.15, 0.2) is 39.6 Å². The van der Waals surface area contributed by atoms with Crippen molar-refractivity contribution in [1.82, 2.24) is 4.98 Å². The smallest absolute Gasteiger partial charge is 0.0809 e. The summed E-state index contributed by atoms with van der Waals surface area (Å²) in [6.45, 7) is 0. The number of rotatable bonds is 3. The minimum atomic E-state index is 0.00884. The van der Waals surface area contributed by atoms with Crippen LogP contribution in [-0.4, -0.2) is 4.98 Å². The second kappa shape index (κ2) is 5.09. The Balaban J connectivity index is 1.84. The molecular formula is C13H11BrN2S2. The number of pyridine rings is 1. The van der Waals surface area contributed by atoms with Gasteiger partial charge in [-0.25, -0.2) is 0 Å².